The zero-order valence-electron chi connectivity index (χ0n) is 26.1. The molecule has 0 saturated carbocycles. The minimum absolute atomic E-state index is 0.0105. The first-order valence-corrected chi connectivity index (χ1v) is 14.4. The minimum Gasteiger partial charge on any atom is -0.480 e. The third-order valence-electron chi connectivity index (χ3n) is 7.77. The van der Waals surface area contributed by atoms with Crippen molar-refractivity contribution in [3.63, 3.8) is 0 Å². The molecule has 0 fully saturated rings. The maximum atomic E-state index is 12.9. The van der Waals surface area contributed by atoms with Crippen LogP contribution in [0.4, 0.5) is 4.79 Å². The van der Waals surface area contributed by atoms with E-state index in [1.54, 1.807) is 40.7 Å². The molecule has 0 spiro atoms. The molecule has 10 nitrogen and oxygen atoms in total. The van der Waals surface area contributed by atoms with Crippen molar-refractivity contribution in [2.45, 2.75) is 106 Å². The average Bonchev–Trinajstić information content (AvgIpc) is 2.88. The van der Waals surface area contributed by atoms with Crippen LogP contribution in [0.3, 0.4) is 0 Å². The maximum Gasteiger partial charge on any atom is 0.508 e. The highest BCUT2D eigenvalue weighted by Crippen LogP contribution is 2.38. The van der Waals surface area contributed by atoms with Crippen molar-refractivity contribution in [2.24, 2.45) is 35.3 Å². The number of ether oxygens (including phenoxy) is 4. The van der Waals surface area contributed by atoms with Crippen molar-refractivity contribution >= 4 is 24.1 Å². The van der Waals surface area contributed by atoms with E-state index in [4.69, 9.17) is 24.7 Å². The van der Waals surface area contributed by atoms with Crippen LogP contribution in [0.5, 0.6) is 11.5 Å². The van der Waals surface area contributed by atoms with Gasteiger partial charge < -0.3 is 29.8 Å². The van der Waals surface area contributed by atoms with Crippen LogP contribution >= 0.6 is 0 Å². The van der Waals surface area contributed by atoms with E-state index in [0.717, 1.165) is 6.42 Å². The Balaban J connectivity index is 3.49. The fraction of sp³-hybridized carbons (Fsp3) is 0.677. The summed E-state index contributed by atoms with van der Waals surface area (Å²) in [5.41, 5.74) is 6.56. The summed E-state index contributed by atoms with van der Waals surface area (Å²) < 4.78 is 22.1. The molecule has 0 aliphatic heterocycles. The first kappa shape index (κ1) is 35.9. The molecule has 0 saturated heterocycles. The first-order chi connectivity index (χ1) is 19.0. The number of hydrogen-bond acceptors (Lipinski definition) is 9. The molecule has 232 valence electrons. The second kappa shape index (κ2) is 16.3. The predicted molar refractivity (Wildman–Crippen MR) is 155 cm³/mol. The number of esters is 2. The van der Waals surface area contributed by atoms with Crippen molar-refractivity contribution in [3.8, 4) is 11.5 Å². The van der Waals surface area contributed by atoms with Gasteiger partial charge in [-0.25, -0.2) is 4.79 Å². The van der Waals surface area contributed by atoms with Gasteiger partial charge in [0.05, 0.1) is 11.8 Å². The molecule has 0 amide bonds. The van der Waals surface area contributed by atoms with E-state index in [0.29, 0.717) is 12.0 Å². The van der Waals surface area contributed by atoms with Crippen LogP contribution in [0.1, 0.15) is 93.6 Å². The van der Waals surface area contributed by atoms with E-state index >= 15 is 0 Å². The van der Waals surface area contributed by atoms with E-state index in [1.807, 2.05) is 34.6 Å². The third-order valence-corrected chi connectivity index (χ3v) is 7.77. The molecule has 0 radical (unpaired) electrons. The summed E-state index contributed by atoms with van der Waals surface area (Å²) >= 11 is 0. The predicted octanol–water partition coefficient (Wildman–Crippen LogP) is 5.94. The molecular weight excluding hydrogens is 530 g/mol. The summed E-state index contributed by atoms with van der Waals surface area (Å²) in [7, 11) is 0. The zero-order chi connectivity index (χ0) is 31.6. The van der Waals surface area contributed by atoms with Gasteiger partial charge in [0.15, 0.2) is 11.5 Å². The van der Waals surface area contributed by atoms with Crippen LogP contribution in [-0.4, -0.2) is 47.4 Å². The molecule has 7 atom stereocenters. The lowest BCUT2D eigenvalue weighted by Crippen LogP contribution is -2.43. The van der Waals surface area contributed by atoms with Gasteiger partial charge >= 0.3 is 24.1 Å². The number of carboxylic acid groups (broad SMARTS) is 1. The molecule has 3 N–H and O–H groups in total. The van der Waals surface area contributed by atoms with Crippen molar-refractivity contribution in [1.29, 1.82) is 0 Å². The highest BCUT2D eigenvalue weighted by molar-refractivity contribution is 5.79. The Hall–Kier alpha value is -3.14. The largest absolute Gasteiger partial charge is 0.508 e. The minimum atomic E-state index is -1.39. The summed E-state index contributed by atoms with van der Waals surface area (Å²) in [5.74, 6) is -4.61. The van der Waals surface area contributed by atoms with Gasteiger partial charge in [0.1, 0.15) is 18.2 Å². The zero-order valence-corrected chi connectivity index (χ0v) is 26.1. The molecule has 1 aromatic carbocycles. The summed E-state index contributed by atoms with van der Waals surface area (Å²) in [4.78, 5) is 50.0. The van der Waals surface area contributed by atoms with Crippen molar-refractivity contribution in [1.82, 2.24) is 0 Å². The summed E-state index contributed by atoms with van der Waals surface area (Å²) in [5, 5.41) is 9.83. The van der Waals surface area contributed by atoms with Crippen LogP contribution < -0.4 is 15.2 Å². The maximum absolute atomic E-state index is 12.9. The second-order valence-corrected chi connectivity index (χ2v) is 11.7. The SMILES string of the molecule is CCCC(C)OC(=O)OC(C)C(C)C(c1ccc(OC(=O)C(C)C(C)C)c(OC(=O)C(C)C(C)C)c1)[C@H](N)C(=O)O. The molecule has 0 aromatic heterocycles. The van der Waals surface area contributed by atoms with Gasteiger partial charge in [-0.3, -0.25) is 14.4 Å². The van der Waals surface area contributed by atoms with Gasteiger partial charge in [-0.15, -0.1) is 0 Å². The van der Waals surface area contributed by atoms with Crippen LogP contribution in [0.25, 0.3) is 0 Å². The summed E-state index contributed by atoms with van der Waals surface area (Å²) in [6, 6.07) is 3.11. The molecule has 1 rings (SSSR count). The van der Waals surface area contributed by atoms with Crippen LogP contribution in [0, 0.1) is 29.6 Å². The highest BCUT2D eigenvalue weighted by Gasteiger charge is 2.36. The molecule has 6 unspecified atom stereocenters. The van der Waals surface area contributed by atoms with Gasteiger partial charge in [0.25, 0.3) is 0 Å². The number of aliphatic carboxylic acids is 1. The van der Waals surface area contributed by atoms with Crippen LogP contribution in [0.15, 0.2) is 18.2 Å². The van der Waals surface area contributed by atoms with E-state index in [-0.39, 0.29) is 29.4 Å². The van der Waals surface area contributed by atoms with E-state index in [2.05, 4.69) is 0 Å². The Labute approximate surface area is 244 Å². The Morgan fingerprint density at radius 3 is 1.78 bits per heavy atom. The number of rotatable bonds is 15. The Morgan fingerprint density at radius 2 is 1.32 bits per heavy atom. The van der Waals surface area contributed by atoms with Gasteiger partial charge in [-0.05, 0) is 49.8 Å². The fourth-order valence-corrected chi connectivity index (χ4v) is 4.04. The summed E-state index contributed by atoms with van der Waals surface area (Å²) in [6.07, 6.45) is -0.448. The number of carbonyl (C=O) groups is 4. The Bertz CT molecular complexity index is 1040. The van der Waals surface area contributed by atoms with Crippen LogP contribution in [-0.2, 0) is 23.9 Å². The molecule has 0 aliphatic carbocycles. The monoisotopic (exact) mass is 579 g/mol. The molecule has 10 heteroatoms. The number of carbonyl (C=O) groups excluding carboxylic acids is 3. The lowest BCUT2D eigenvalue weighted by atomic mass is 9.79. The van der Waals surface area contributed by atoms with Gasteiger partial charge in [0.2, 0.25) is 0 Å². The van der Waals surface area contributed by atoms with Gasteiger partial charge in [-0.2, -0.15) is 0 Å². The van der Waals surface area contributed by atoms with E-state index in [1.165, 1.54) is 12.1 Å². The van der Waals surface area contributed by atoms with E-state index in [9.17, 15) is 24.3 Å². The summed E-state index contributed by atoms with van der Waals surface area (Å²) in [6.45, 7) is 18.1. The van der Waals surface area contributed by atoms with Crippen molar-refractivity contribution in [2.75, 3.05) is 0 Å². The second-order valence-electron chi connectivity index (χ2n) is 11.7. The Morgan fingerprint density at radius 1 is 0.805 bits per heavy atom. The average molecular weight is 580 g/mol. The first-order valence-electron chi connectivity index (χ1n) is 14.4. The molecule has 0 heterocycles. The fourth-order valence-electron chi connectivity index (χ4n) is 4.04. The molecule has 0 bridgehead atoms. The standard InChI is InChI=1S/C31H49NO9/c1-11-12-18(6)38-31(37)39-22(10)21(9)26(27(32)28(33)34)23-13-14-24(40-29(35)19(7)16(2)3)25(15-23)41-30(36)20(8)17(4)5/h13-22,26-27H,11-12,32H2,1-10H3,(H,33,34)/t18?,19?,20?,21?,22?,26?,27-/m0/s1. The molecule has 1 aromatic rings. The lowest BCUT2D eigenvalue weighted by molar-refractivity contribution is -0.142. The van der Waals surface area contributed by atoms with Crippen molar-refractivity contribution in [3.05, 3.63) is 23.8 Å². The molecule has 0 aliphatic rings. The number of hydrogen-bond donors (Lipinski definition) is 2. The van der Waals surface area contributed by atoms with Crippen LogP contribution in [0.2, 0.25) is 0 Å². The highest BCUT2D eigenvalue weighted by atomic mass is 16.7. The third kappa shape index (κ3) is 10.6. The topological polar surface area (TPSA) is 151 Å². The van der Waals surface area contributed by atoms with Gasteiger partial charge in [0, 0.05) is 11.8 Å². The normalized spacial score (nSPS) is 16.6. The molecular formula is C31H49NO9. The quantitative estimate of drug-likeness (QED) is 0.188. The van der Waals surface area contributed by atoms with Gasteiger partial charge in [-0.1, -0.05) is 67.9 Å². The molecule has 41 heavy (non-hydrogen) atoms. The Kier molecular flexibility index (Phi) is 14.3. The van der Waals surface area contributed by atoms with E-state index < -0.39 is 59.9 Å². The number of benzene rings is 1. The number of nitrogens with two attached hydrogens (primary N) is 1. The van der Waals surface area contributed by atoms with Crippen molar-refractivity contribution < 1.29 is 43.2 Å². The number of carboxylic acids is 1. The smallest absolute Gasteiger partial charge is 0.480 e. The lowest BCUT2D eigenvalue weighted by Gasteiger charge is -2.32.